The molecule has 4 heteroatoms. The maximum Gasteiger partial charge on any atom is 0.302 e. The van der Waals surface area contributed by atoms with Gasteiger partial charge in [-0.1, -0.05) is 60.0 Å². The fourth-order valence-electron chi connectivity index (χ4n) is 9.93. The van der Waals surface area contributed by atoms with Crippen molar-refractivity contribution in [3.63, 3.8) is 0 Å². The molecule has 2 saturated carbocycles. The Morgan fingerprint density at radius 3 is 2.51 bits per heavy atom. The minimum Gasteiger partial charge on any atom is -0.460 e. The summed E-state index contributed by atoms with van der Waals surface area (Å²) in [6.45, 7) is 15.9. The molecule has 1 spiro atoms. The molecule has 10 atom stereocenters. The van der Waals surface area contributed by atoms with Crippen LogP contribution < -0.4 is 0 Å². The molecule has 0 aromatic rings. The Labute approximate surface area is 213 Å². The molecule has 0 N–H and O–H groups in total. The topological polar surface area (TPSA) is 52.6 Å². The van der Waals surface area contributed by atoms with Gasteiger partial charge in [0.2, 0.25) is 0 Å². The zero-order valence-electron chi connectivity index (χ0n) is 23.2. The predicted molar refractivity (Wildman–Crippen MR) is 138 cm³/mol. The molecule has 0 unspecified atom stereocenters. The van der Waals surface area contributed by atoms with Crippen LogP contribution in [-0.4, -0.2) is 29.6 Å². The van der Waals surface area contributed by atoms with Gasteiger partial charge in [0.05, 0.1) is 6.10 Å². The molecule has 196 valence electrons. The van der Waals surface area contributed by atoms with Crippen molar-refractivity contribution in [2.45, 2.75) is 124 Å². The number of allylic oxidation sites excluding steroid dienone is 1. The fourth-order valence-corrected chi connectivity index (χ4v) is 9.93. The number of fused-ring (bicyclic) bond motifs is 5. The highest BCUT2D eigenvalue weighted by Gasteiger charge is 2.73. The number of esters is 1. The van der Waals surface area contributed by atoms with E-state index in [2.05, 4.69) is 41.5 Å². The van der Waals surface area contributed by atoms with Crippen LogP contribution in [0.5, 0.6) is 0 Å². The summed E-state index contributed by atoms with van der Waals surface area (Å²) in [4.78, 5) is 25.4. The maximum atomic E-state index is 13.8. The van der Waals surface area contributed by atoms with E-state index in [9.17, 15) is 9.59 Å². The number of hydrogen-bond acceptors (Lipinski definition) is 4. The Balaban J connectivity index is 1.36. The Morgan fingerprint density at radius 1 is 1.11 bits per heavy atom. The van der Waals surface area contributed by atoms with E-state index >= 15 is 0 Å². The van der Waals surface area contributed by atoms with Crippen LogP contribution in [0.15, 0.2) is 11.6 Å². The van der Waals surface area contributed by atoms with Gasteiger partial charge in [-0.25, -0.2) is 0 Å². The summed E-state index contributed by atoms with van der Waals surface area (Å²) in [5, 5.41) is 0. The summed E-state index contributed by atoms with van der Waals surface area (Å²) >= 11 is 0. The lowest BCUT2D eigenvalue weighted by Crippen LogP contribution is -2.59. The molecule has 5 rings (SSSR count). The first-order valence-corrected chi connectivity index (χ1v) is 14.6. The third kappa shape index (κ3) is 3.62. The summed E-state index contributed by atoms with van der Waals surface area (Å²) < 4.78 is 12.0. The number of carbonyl (C=O) groups excluding carboxylic acids is 2. The van der Waals surface area contributed by atoms with Crippen LogP contribution in [0.4, 0.5) is 0 Å². The largest absolute Gasteiger partial charge is 0.460 e. The smallest absolute Gasteiger partial charge is 0.302 e. The highest BCUT2D eigenvalue weighted by atomic mass is 16.6. The minimum absolute atomic E-state index is 0.141. The van der Waals surface area contributed by atoms with Gasteiger partial charge in [0.15, 0.2) is 5.78 Å². The molecule has 35 heavy (non-hydrogen) atoms. The Morgan fingerprint density at radius 2 is 1.86 bits per heavy atom. The standard InChI is InChI=1S/C31H48O4/c1-8-21(18(2)3)10-9-19(4)23-11-12-24-22-15-28(33)31-17-26(34-20(5)32)27(35-31)16-30(31,7)25(22)13-14-29(23,24)6/h15,18-19,21,23-27H,8-14,16-17H2,1-7H3/t19-,21-,23-,24+,25+,26+,27-,29-,30-,31+/m1/s1. The van der Waals surface area contributed by atoms with Crippen molar-refractivity contribution in [3.8, 4) is 0 Å². The SMILES string of the molecule is CC[C@H](CC[C@@H](C)[C@H]1CC[C@H]2C3=CC(=O)[C@@]45C[C@H](OC(C)=O)[C@@H](C[C@]4(C)[C@H]3CC[C@]12C)O5)C(C)C. The molecule has 0 radical (unpaired) electrons. The van der Waals surface area contributed by atoms with Gasteiger partial charge in [-0.15, -0.1) is 0 Å². The molecule has 0 aromatic heterocycles. The fraction of sp³-hybridized carbons (Fsp3) is 0.871. The second-order valence-electron chi connectivity index (χ2n) is 13.8. The zero-order chi connectivity index (χ0) is 25.3. The molecular weight excluding hydrogens is 436 g/mol. The molecule has 5 aliphatic rings. The van der Waals surface area contributed by atoms with Crippen molar-refractivity contribution >= 4 is 11.8 Å². The maximum absolute atomic E-state index is 13.8. The number of ketones is 1. The summed E-state index contributed by atoms with van der Waals surface area (Å²) in [5.41, 5.74) is 0.782. The molecular formula is C31H48O4. The third-order valence-corrected chi connectivity index (χ3v) is 11.9. The first-order chi connectivity index (χ1) is 16.5. The van der Waals surface area contributed by atoms with E-state index in [0.717, 1.165) is 36.5 Å². The molecule has 2 bridgehead atoms. The quantitative estimate of drug-likeness (QED) is 0.369. The van der Waals surface area contributed by atoms with Gasteiger partial charge < -0.3 is 9.47 Å². The van der Waals surface area contributed by atoms with Crippen LogP contribution in [0.3, 0.4) is 0 Å². The van der Waals surface area contributed by atoms with Crippen LogP contribution >= 0.6 is 0 Å². The van der Waals surface area contributed by atoms with E-state index in [4.69, 9.17) is 9.47 Å². The molecule has 2 aliphatic heterocycles. The average molecular weight is 485 g/mol. The molecule has 4 nitrogen and oxygen atoms in total. The van der Waals surface area contributed by atoms with Crippen molar-refractivity contribution < 1.29 is 19.1 Å². The molecule has 2 saturated heterocycles. The minimum atomic E-state index is -0.795. The first kappa shape index (κ1) is 25.5. The summed E-state index contributed by atoms with van der Waals surface area (Å²) in [5.74, 6) is 3.91. The van der Waals surface area contributed by atoms with E-state index in [1.165, 1.54) is 51.0 Å². The van der Waals surface area contributed by atoms with Crippen molar-refractivity contribution in [2.75, 3.05) is 0 Å². The van der Waals surface area contributed by atoms with E-state index in [1.807, 2.05) is 6.08 Å². The summed E-state index contributed by atoms with van der Waals surface area (Å²) in [7, 11) is 0. The van der Waals surface area contributed by atoms with E-state index in [0.29, 0.717) is 23.7 Å². The molecule has 0 aromatic carbocycles. The monoisotopic (exact) mass is 484 g/mol. The van der Waals surface area contributed by atoms with Crippen LogP contribution in [0.1, 0.15) is 106 Å². The number of ether oxygens (including phenoxy) is 2. The van der Waals surface area contributed by atoms with Crippen molar-refractivity contribution in [3.05, 3.63) is 11.6 Å². The highest BCUT2D eigenvalue weighted by molar-refractivity contribution is 6.00. The Bertz CT molecular complexity index is 906. The average Bonchev–Trinajstić information content (AvgIpc) is 3.41. The van der Waals surface area contributed by atoms with Gasteiger partial charge in [0.1, 0.15) is 11.7 Å². The van der Waals surface area contributed by atoms with Gasteiger partial charge in [0, 0.05) is 18.8 Å². The van der Waals surface area contributed by atoms with Crippen LogP contribution in [0, 0.1) is 46.3 Å². The van der Waals surface area contributed by atoms with Crippen LogP contribution in [0.2, 0.25) is 0 Å². The number of hydrogen-bond donors (Lipinski definition) is 0. The lowest BCUT2D eigenvalue weighted by Gasteiger charge is -2.56. The van der Waals surface area contributed by atoms with Gasteiger partial charge >= 0.3 is 5.97 Å². The molecule has 4 fully saturated rings. The van der Waals surface area contributed by atoms with E-state index in [1.54, 1.807) is 0 Å². The van der Waals surface area contributed by atoms with Crippen LogP contribution in [-0.2, 0) is 19.1 Å². The zero-order valence-corrected chi connectivity index (χ0v) is 23.2. The Kier molecular flexibility index (Phi) is 6.34. The van der Waals surface area contributed by atoms with Crippen LogP contribution in [0.25, 0.3) is 0 Å². The first-order valence-electron chi connectivity index (χ1n) is 14.6. The van der Waals surface area contributed by atoms with Gasteiger partial charge in [-0.3, -0.25) is 9.59 Å². The lowest BCUT2D eigenvalue weighted by atomic mass is 9.47. The van der Waals surface area contributed by atoms with E-state index < -0.39 is 5.60 Å². The van der Waals surface area contributed by atoms with Gasteiger partial charge in [0.25, 0.3) is 0 Å². The summed E-state index contributed by atoms with van der Waals surface area (Å²) in [6, 6.07) is 0. The second kappa shape index (κ2) is 8.71. The van der Waals surface area contributed by atoms with Crippen molar-refractivity contribution in [2.24, 2.45) is 46.3 Å². The van der Waals surface area contributed by atoms with Gasteiger partial charge in [-0.2, -0.15) is 0 Å². The molecule has 3 aliphatic carbocycles. The highest BCUT2D eigenvalue weighted by Crippen LogP contribution is 2.70. The normalized spacial score (nSPS) is 45.5. The number of carbonyl (C=O) groups is 2. The van der Waals surface area contributed by atoms with E-state index in [-0.39, 0.29) is 29.4 Å². The third-order valence-electron chi connectivity index (χ3n) is 11.9. The summed E-state index contributed by atoms with van der Waals surface area (Å²) in [6.07, 6.45) is 11.9. The predicted octanol–water partition coefficient (Wildman–Crippen LogP) is 6.91. The Hall–Kier alpha value is -1.16. The van der Waals surface area contributed by atoms with Gasteiger partial charge in [-0.05, 0) is 85.5 Å². The lowest BCUT2D eigenvalue weighted by molar-refractivity contribution is -0.151. The molecule has 2 heterocycles. The molecule has 0 amide bonds. The second-order valence-corrected chi connectivity index (χ2v) is 13.8. The number of rotatable bonds is 7. The van der Waals surface area contributed by atoms with Crippen molar-refractivity contribution in [1.82, 2.24) is 0 Å². The van der Waals surface area contributed by atoms with Crippen molar-refractivity contribution in [1.29, 1.82) is 0 Å².